The van der Waals surface area contributed by atoms with Gasteiger partial charge in [-0.15, -0.1) is 0 Å². The Morgan fingerprint density at radius 1 is 1.28 bits per heavy atom. The van der Waals surface area contributed by atoms with E-state index in [0.717, 1.165) is 23.1 Å². The molecule has 0 amide bonds. The minimum absolute atomic E-state index is 0.226. The summed E-state index contributed by atoms with van der Waals surface area (Å²) in [6, 6.07) is 13.2. The summed E-state index contributed by atoms with van der Waals surface area (Å²) in [4.78, 5) is 16.5. The van der Waals surface area contributed by atoms with E-state index in [4.69, 9.17) is 9.47 Å². The second-order valence-corrected chi connectivity index (χ2v) is 5.72. The fourth-order valence-electron chi connectivity index (χ4n) is 2.77. The highest BCUT2D eigenvalue weighted by Gasteiger charge is 2.23. The SMILES string of the molecule is CCCOC(=O)c1ccc2c(n1)COc1ccccc1/C2=C(\C)C#N. The number of para-hydroxylation sites is 1. The fourth-order valence-corrected chi connectivity index (χ4v) is 2.77. The third-order valence-electron chi connectivity index (χ3n) is 3.95. The van der Waals surface area contributed by atoms with Crippen LogP contribution in [-0.2, 0) is 11.3 Å². The normalized spacial score (nSPS) is 14.3. The molecule has 2 aromatic rings. The van der Waals surface area contributed by atoms with Crippen molar-refractivity contribution in [2.45, 2.75) is 26.9 Å². The number of hydrogen-bond donors (Lipinski definition) is 0. The lowest BCUT2D eigenvalue weighted by molar-refractivity contribution is 0.0497. The Morgan fingerprint density at radius 2 is 2.08 bits per heavy atom. The number of allylic oxidation sites excluding steroid dienone is 1. The first-order chi connectivity index (χ1) is 12.2. The third kappa shape index (κ3) is 3.24. The Labute approximate surface area is 146 Å². The highest BCUT2D eigenvalue weighted by atomic mass is 16.5. The Bertz CT molecular complexity index is 894. The van der Waals surface area contributed by atoms with Crippen molar-refractivity contribution in [1.82, 2.24) is 4.98 Å². The average Bonchev–Trinajstić information content (AvgIpc) is 2.81. The molecule has 0 saturated heterocycles. The van der Waals surface area contributed by atoms with Crippen LogP contribution in [0.3, 0.4) is 0 Å². The first kappa shape index (κ1) is 16.7. The first-order valence-corrected chi connectivity index (χ1v) is 8.16. The van der Waals surface area contributed by atoms with Crippen LogP contribution in [0.25, 0.3) is 5.57 Å². The van der Waals surface area contributed by atoms with Gasteiger partial charge >= 0.3 is 5.97 Å². The first-order valence-electron chi connectivity index (χ1n) is 8.16. The summed E-state index contributed by atoms with van der Waals surface area (Å²) in [6.07, 6.45) is 0.753. The molecule has 1 aromatic carbocycles. The smallest absolute Gasteiger partial charge is 0.356 e. The summed E-state index contributed by atoms with van der Waals surface area (Å²) < 4.78 is 11.0. The predicted molar refractivity (Wildman–Crippen MR) is 92.9 cm³/mol. The lowest BCUT2D eigenvalue weighted by Crippen LogP contribution is -2.11. The lowest BCUT2D eigenvalue weighted by atomic mass is 9.93. The third-order valence-corrected chi connectivity index (χ3v) is 3.95. The van der Waals surface area contributed by atoms with E-state index in [-0.39, 0.29) is 12.3 Å². The van der Waals surface area contributed by atoms with E-state index in [2.05, 4.69) is 11.1 Å². The Balaban J connectivity index is 2.11. The van der Waals surface area contributed by atoms with Gasteiger partial charge in [-0.05, 0) is 31.5 Å². The van der Waals surface area contributed by atoms with E-state index in [1.165, 1.54) is 0 Å². The summed E-state index contributed by atoms with van der Waals surface area (Å²) in [5, 5.41) is 9.43. The molecule has 126 valence electrons. The van der Waals surface area contributed by atoms with Gasteiger partial charge in [0.25, 0.3) is 0 Å². The van der Waals surface area contributed by atoms with Crippen LogP contribution >= 0.6 is 0 Å². The van der Waals surface area contributed by atoms with Crippen LogP contribution in [0.5, 0.6) is 5.75 Å². The zero-order valence-corrected chi connectivity index (χ0v) is 14.2. The van der Waals surface area contributed by atoms with Gasteiger partial charge in [-0.1, -0.05) is 25.1 Å². The van der Waals surface area contributed by atoms with Gasteiger partial charge in [-0.25, -0.2) is 9.78 Å². The standard InChI is InChI=1S/C20H18N2O3/c1-3-10-24-20(23)16-9-8-14-17(22-16)12-25-18-7-5-4-6-15(18)19(14)13(2)11-21/h4-9H,3,10,12H2,1-2H3/b19-13+. The second kappa shape index (κ2) is 7.18. The monoisotopic (exact) mass is 334 g/mol. The highest BCUT2D eigenvalue weighted by Crippen LogP contribution is 2.37. The van der Waals surface area contributed by atoms with E-state index in [9.17, 15) is 10.1 Å². The zero-order valence-electron chi connectivity index (χ0n) is 14.2. The molecule has 1 aromatic heterocycles. The molecular weight excluding hydrogens is 316 g/mol. The number of aromatic nitrogens is 1. The number of fused-ring (bicyclic) bond motifs is 2. The van der Waals surface area contributed by atoms with Gasteiger partial charge < -0.3 is 9.47 Å². The average molecular weight is 334 g/mol. The molecule has 0 atom stereocenters. The van der Waals surface area contributed by atoms with E-state index < -0.39 is 5.97 Å². The zero-order chi connectivity index (χ0) is 17.8. The van der Waals surface area contributed by atoms with Crippen LogP contribution in [0.2, 0.25) is 0 Å². The molecule has 1 aliphatic rings. The summed E-state index contributed by atoms with van der Waals surface area (Å²) >= 11 is 0. The van der Waals surface area contributed by atoms with Crippen molar-refractivity contribution in [2.24, 2.45) is 0 Å². The van der Waals surface area contributed by atoms with Gasteiger partial charge in [0.2, 0.25) is 0 Å². The largest absolute Gasteiger partial charge is 0.487 e. The number of carbonyl (C=O) groups is 1. The summed E-state index contributed by atoms with van der Waals surface area (Å²) in [7, 11) is 0. The van der Waals surface area contributed by atoms with Crippen LogP contribution in [0.1, 0.15) is 47.6 Å². The maximum Gasteiger partial charge on any atom is 0.356 e. The van der Waals surface area contributed by atoms with Gasteiger partial charge in [0.15, 0.2) is 0 Å². The van der Waals surface area contributed by atoms with Crippen molar-refractivity contribution in [1.29, 1.82) is 5.26 Å². The number of nitriles is 1. The van der Waals surface area contributed by atoms with Gasteiger partial charge in [0, 0.05) is 22.3 Å². The molecule has 25 heavy (non-hydrogen) atoms. The predicted octanol–water partition coefficient (Wildman–Crippen LogP) is 3.89. The summed E-state index contributed by atoms with van der Waals surface area (Å²) in [5.74, 6) is 0.245. The van der Waals surface area contributed by atoms with Crippen LogP contribution in [0.4, 0.5) is 0 Å². The molecule has 2 heterocycles. The number of benzene rings is 1. The Kier molecular flexibility index (Phi) is 4.80. The van der Waals surface area contributed by atoms with Crippen LogP contribution < -0.4 is 4.74 Å². The lowest BCUT2D eigenvalue weighted by Gasteiger charge is -2.11. The highest BCUT2D eigenvalue weighted by molar-refractivity contribution is 5.90. The second-order valence-electron chi connectivity index (χ2n) is 5.72. The molecular formula is C20H18N2O3. The fraction of sp³-hybridized carbons (Fsp3) is 0.250. The number of rotatable bonds is 3. The number of esters is 1. The number of hydrogen-bond acceptors (Lipinski definition) is 5. The van der Waals surface area contributed by atoms with Gasteiger partial charge in [-0.3, -0.25) is 0 Å². The number of nitrogens with zero attached hydrogens (tertiary/aromatic N) is 2. The van der Waals surface area contributed by atoms with Crippen molar-refractivity contribution in [3.63, 3.8) is 0 Å². The van der Waals surface area contributed by atoms with Crippen LogP contribution in [-0.4, -0.2) is 17.6 Å². The number of ether oxygens (including phenoxy) is 2. The Morgan fingerprint density at radius 3 is 2.84 bits per heavy atom. The molecule has 5 heteroatoms. The maximum absolute atomic E-state index is 12.1. The van der Waals surface area contributed by atoms with Crippen LogP contribution in [0.15, 0.2) is 42.0 Å². The van der Waals surface area contributed by atoms with Gasteiger partial charge in [0.1, 0.15) is 18.1 Å². The molecule has 0 spiro atoms. The minimum atomic E-state index is -0.450. The molecule has 0 N–H and O–H groups in total. The molecule has 0 saturated carbocycles. The molecule has 0 fully saturated rings. The van der Waals surface area contributed by atoms with Gasteiger partial charge in [-0.2, -0.15) is 5.26 Å². The van der Waals surface area contributed by atoms with E-state index in [1.54, 1.807) is 13.0 Å². The maximum atomic E-state index is 12.1. The molecule has 1 aliphatic heterocycles. The molecule has 3 rings (SSSR count). The molecule has 0 radical (unpaired) electrons. The number of pyridine rings is 1. The quantitative estimate of drug-likeness (QED) is 0.629. The summed E-state index contributed by atoms with van der Waals surface area (Å²) in [5.41, 5.74) is 3.87. The minimum Gasteiger partial charge on any atom is -0.487 e. The van der Waals surface area contributed by atoms with E-state index >= 15 is 0 Å². The van der Waals surface area contributed by atoms with Crippen molar-refractivity contribution < 1.29 is 14.3 Å². The van der Waals surface area contributed by atoms with Crippen molar-refractivity contribution in [3.8, 4) is 11.8 Å². The molecule has 0 bridgehead atoms. The van der Waals surface area contributed by atoms with Gasteiger partial charge in [0.05, 0.1) is 18.4 Å². The van der Waals surface area contributed by atoms with Crippen molar-refractivity contribution in [2.75, 3.05) is 6.61 Å². The number of carbonyl (C=O) groups excluding carboxylic acids is 1. The Hall–Kier alpha value is -3.13. The van der Waals surface area contributed by atoms with Crippen molar-refractivity contribution >= 4 is 11.5 Å². The molecule has 0 aliphatic carbocycles. The van der Waals surface area contributed by atoms with E-state index in [1.807, 2.05) is 37.3 Å². The molecule has 5 nitrogen and oxygen atoms in total. The van der Waals surface area contributed by atoms with E-state index in [0.29, 0.717) is 23.6 Å². The van der Waals surface area contributed by atoms with Crippen LogP contribution in [0, 0.1) is 11.3 Å². The van der Waals surface area contributed by atoms with Crippen molar-refractivity contribution in [3.05, 3.63) is 64.5 Å². The topological polar surface area (TPSA) is 72.2 Å². The summed E-state index contributed by atoms with van der Waals surface area (Å²) in [6.45, 7) is 4.29. The molecule has 0 unspecified atom stereocenters.